The summed E-state index contributed by atoms with van der Waals surface area (Å²) in [5, 5.41) is 10.7. The van der Waals surface area contributed by atoms with Crippen LogP contribution in [0.2, 0.25) is 0 Å². The zero-order chi connectivity index (χ0) is 22.9. The number of hydrogen-bond acceptors (Lipinski definition) is 10. The lowest BCUT2D eigenvalue weighted by molar-refractivity contribution is -0.272. The van der Waals surface area contributed by atoms with Gasteiger partial charge in [-0.3, -0.25) is 28.9 Å². The monoisotopic (exact) mass is 435 g/mol. The van der Waals surface area contributed by atoms with Crippen LogP contribution in [0.5, 0.6) is 0 Å². The van der Waals surface area contributed by atoms with Crippen molar-refractivity contribution in [3.63, 3.8) is 0 Å². The highest BCUT2D eigenvalue weighted by atomic mass is 16.7. The van der Waals surface area contributed by atoms with Gasteiger partial charge in [0.25, 0.3) is 11.8 Å². The van der Waals surface area contributed by atoms with E-state index in [4.69, 9.17) is 18.9 Å². The molecule has 0 radical (unpaired) electrons. The average Bonchev–Trinajstić information content (AvgIpc) is 2.93. The molecule has 0 spiro atoms. The molecule has 0 bridgehead atoms. The van der Waals surface area contributed by atoms with Crippen molar-refractivity contribution in [2.75, 3.05) is 6.61 Å². The Labute approximate surface area is 176 Å². The van der Waals surface area contributed by atoms with Crippen molar-refractivity contribution in [2.45, 2.75) is 51.4 Å². The van der Waals surface area contributed by atoms with E-state index in [0.29, 0.717) is 0 Å². The highest BCUT2D eigenvalue weighted by Gasteiger charge is 2.56. The van der Waals surface area contributed by atoms with Crippen LogP contribution in [-0.4, -0.2) is 77.0 Å². The lowest BCUT2D eigenvalue weighted by atomic mass is 9.95. The first-order valence-corrected chi connectivity index (χ1v) is 9.40. The molecule has 1 aromatic carbocycles. The Kier molecular flexibility index (Phi) is 6.37. The smallest absolute Gasteiger partial charge is 0.303 e. The number of nitrogens with zero attached hydrogens (tertiary/aromatic N) is 1. The third-order valence-electron chi connectivity index (χ3n) is 4.81. The fraction of sp³-hybridized carbons (Fsp3) is 0.450. The molecule has 166 valence electrons. The minimum Gasteiger partial charge on any atom is -0.463 e. The number of fused-ring (bicyclic) bond motifs is 1. The molecule has 31 heavy (non-hydrogen) atoms. The van der Waals surface area contributed by atoms with Crippen LogP contribution >= 0.6 is 0 Å². The molecule has 2 aliphatic heterocycles. The maximum atomic E-state index is 12.9. The Balaban J connectivity index is 2.01. The largest absolute Gasteiger partial charge is 0.463 e. The number of imide groups is 1. The van der Waals surface area contributed by atoms with E-state index in [0.717, 1.165) is 25.7 Å². The Hall–Kier alpha value is -3.31. The van der Waals surface area contributed by atoms with Crippen molar-refractivity contribution in [3.05, 3.63) is 35.4 Å². The Morgan fingerprint density at radius 1 is 0.935 bits per heavy atom. The summed E-state index contributed by atoms with van der Waals surface area (Å²) in [6.45, 7) is 2.88. The predicted octanol–water partition coefficient (Wildman–Crippen LogP) is -0.205. The molecule has 2 aliphatic rings. The number of aliphatic hydroxyl groups is 1. The predicted molar refractivity (Wildman–Crippen MR) is 99.4 cm³/mol. The van der Waals surface area contributed by atoms with Gasteiger partial charge in [0, 0.05) is 20.8 Å². The van der Waals surface area contributed by atoms with Crippen LogP contribution in [0.25, 0.3) is 0 Å². The molecule has 1 aromatic rings. The minimum atomic E-state index is -1.82. The molecule has 2 amide bonds. The van der Waals surface area contributed by atoms with Gasteiger partial charge in [0.15, 0.2) is 18.5 Å². The van der Waals surface area contributed by atoms with E-state index in [1.54, 1.807) is 12.1 Å². The number of hydrogen-bond donors (Lipinski definition) is 1. The topological polar surface area (TPSA) is 146 Å². The second-order valence-corrected chi connectivity index (χ2v) is 7.03. The van der Waals surface area contributed by atoms with Gasteiger partial charge < -0.3 is 24.1 Å². The van der Waals surface area contributed by atoms with Gasteiger partial charge in [-0.15, -0.1) is 0 Å². The molecule has 2 heterocycles. The van der Waals surface area contributed by atoms with Crippen LogP contribution < -0.4 is 0 Å². The summed E-state index contributed by atoms with van der Waals surface area (Å²) >= 11 is 0. The lowest BCUT2D eigenvalue weighted by Crippen LogP contribution is -2.67. The molecule has 0 aromatic heterocycles. The zero-order valence-corrected chi connectivity index (χ0v) is 17.0. The second kappa shape index (κ2) is 8.82. The molecule has 5 atom stereocenters. The molecule has 11 nitrogen and oxygen atoms in total. The molecular formula is C20H21NO10. The van der Waals surface area contributed by atoms with E-state index in [-0.39, 0.29) is 11.1 Å². The van der Waals surface area contributed by atoms with Gasteiger partial charge in [0.2, 0.25) is 0 Å². The van der Waals surface area contributed by atoms with Crippen LogP contribution in [-0.2, 0) is 33.3 Å². The third kappa shape index (κ3) is 4.42. The maximum Gasteiger partial charge on any atom is 0.303 e. The van der Waals surface area contributed by atoms with Crippen LogP contribution in [0.4, 0.5) is 0 Å². The van der Waals surface area contributed by atoms with E-state index in [9.17, 15) is 29.1 Å². The summed E-state index contributed by atoms with van der Waals surface area (Å²) in [6.07, 6.45) is -5.90. The summed E-state index contributed by atoms with van der Waals surface area (Å²) in [4.78, 5) is 61.3. The van der Waals surface area contributed by atoms with Gasteiger partial charge in [-0.05, 0) is 12.1 Å². The molecule has 3 unspecified atom stereocenters. The zero-order valence-electron chi connectivity index (χ0n) is 17.0. The maximum absolute atomic E-state index is 12.9. The Bertz CT molecular complexity index is 893. The highest BCUT2D eigenvalue weighted by Crippen LogP contribution is 2.34. The van der Waals surface area contributed by atoms with Crippen molar-refractivity contribution >= 4 is 29.7 Å². The van der Waals surface area contributed by atoms with Gasteiger partial charge in [-0.1, -0.05) is 12.1 Å². The highest BCUT2D eigenvalue weighted by molar-refractivity contribution is 6.21. The molecule has 0 saturated carbocycles. The number of benzene rings is 1. The number of esters is 3. The second-order valence-electron chi connectivity index (χ2n) is 7.03. The van der Waals surface area contributed by atoms with Crippen molar-refractivity contribution in [1.82, 2.24) is 4.90 Å². The van der Waals surface area contributed by atoms with Crippen molar-refractivity contribution in [2.24, 2.45) is 0 Å². The molecule has 3 rings (SSSR count). The van der Waals surface area contributed by atoms with Gasteiger partial charge in [0.05, 0.1) is 11.1 Å². The van der Waals surface area contributed by atoms with Crippen molar-refractivity contribution in [3.8, 4) is 0 Å². The van der Waals surface area contributed by atoms with E-state index in [1.807, 2.05) is 0 Å². The summed E-state index contributed by atoms with van der Waals surface area (Å²) in [5.41, 5.74) is 0.208. The van der Waals surface area contributed by atoms with Gasteiger partial charge in [-0.2, -0.15) is 0 Å². The standard InChI is InChI=1S/C20H21NO10/c1-9(22)28-8-14-16(29-10(2)23)17(30-11(3)24)15(20(27)31-14)21-18(25)12-6-4-5-7-13(12)19(21)26/h4-7,14-17,20,27H,8H2,1-3H3/t14?,15-,16+,17?,20?/m0/s1. The quantitative estimate of drug-likeness (QED) is 0.375. The van der Waals surface area contributed by atoms with Gasteiger partial charge in [0.1, 0.15) is 18.8 Å². The number of aliphatic hydroxyl groups excluding tert-OH is 1. The van der Waals surface area contributed by atoms with E-state index < -0.39 is 67.0 Å². The fourth-order valence-electron chi connectivity index (χ4n) is 3.65. The summed E-state index contributed by atoms with van der Waals surface area (Å²) in [6, 6.07) is 4.51. The number of rotatable bonds is 5. The number of carbonyl (C=O) groups is 5. The molecule has 1 N–H and O–H groups in total. The summed E-state index contributed by atoms with van der Waals surface area (Å²) in [7, 11) is 0. The van der Waals surface area contributed by atoms with Gasteiger partial charge >= 0.3 is 17.9 Å². The first kappa shape index (κ1) is 22.4. The van der Waals surface area contributed by atoms with Gasteiger partial charge in [-0.25, -0.2) is 0 Å². The molecular weight excluding hydrogens is 414 g/mol. The van der Waals surface area contributed by atoms with Crippen molar-refractivity contribution < 1.29 is 48.0 Å². The number of amides is 2. The SMILES string of the molecule is CC(=O)OCC1OC(O)[C@@H](N2C(=O)c3ccccc3C2=O)C(OC(C)=O)[C@@H]1OC(C)=O. The first-order valence-electron chi connectivity index (χ1n) is 9.40. The minimum absolute atomic E-state index is 0.104. The van der Waals surface area contributed by atoms with Crippen LogP contribution in [0, 0.1) is 0 Å². The van der Waals surface area contributed by atoms with Crippen LogP contribution in [0.15, 0.2) is 24.3 Å². The summed E-state index contributed by atoms with van der Waals surface area (Å²) < 4.78 is 20.9. The lowest BCUT2D eigenvalue weighted by Gasteiger charge is -2.45. The van der Waals surface area contributed by atoms with E-state index in [2.05, 4.69) is 0 Å². The Morgan fingerprint density at radius 2 is 1.45 bits per heavy atom. The molecule has 1 saturated heterocycles. The average molecular weight is 435 g/mol. The van der Waals surface area contributed by atoms with Crippen LogP contribution in [0.3, 0.4) is 0 Å². The first-order chi connectivity index (χ1) is 14.6. The molecule has 1 fully saturated rings. The number of ether oxygens (including phenoxy) is 4. The summed E-state index contributed by atoms with van der Waals surface area (Å²) in [5.74, 6) is -3.72. The third-order valence-corrected chi connectivity index (χ3v) is 4.81. The van der Waals surface area contributed by atoms with Crippen molar-refractivity contribution in [1.29, 1.82) is 0 Å². The fourth-order valence-corrected chi connectivity index (χ4v) is 3.65. The van der Waals surface area contributed by atoms with Crippen LogP contribution in [0.1, 0.15) is 41.5 Å². The number of carbonyl (C=O) groups excluding carboxylic acids is 5. The normalized spacial score (nSPS) is 27.5. The molecule has 0 aliphatic carbocycles. The van der Waals surface area contributed by atoms with E-state index in [1.165, 1.54) is 12.1 Å². The molecule has 11 heteroatoms. The van der Waals surface area contributed by atoms with E-state index >= 15 is 0 Å². The Morgan fingerprint density at radius 3 is 1.94 bits per heavy atom.